The van der Waals surface area contributed by atoms with Crippen molar-refractivity contribution in [2.75, 3.05) is 20.2 Å². The third-order valence-corrected chi connectivity index (χ3v) is 4.00. The standard InChI is InChI=1S/C20H26N2O2/c1-16(18-6-4-3-5-7-18)21-15-13-20(23)22-14-12-17-8-10-19(24-2)11-9-17/h3-11,16,21H,12-15H2,1-2H3,(H,22,23). The van der Waals surface area contributed by atoms with Crippen molar-refractivity contribution in [3.05, 3.63) is 65.7 Å². The molecule has 0 saturated carbocycles. The summed E-state index contributed by atoms with van der Waals surface area (Å²) >= 11 is 0. The Hall–Kier alpha value is -2.33. The van der Waals surface area contributed by atoms with Crippen LogP contribution >= 0.6 is 0 Å². The Bertz CT molecular complexity index is 611. The summed E-state index contributed by atoms with van der Waals surface area (Å²) in [5, 5.41) is 6.34. The van der Waals surface area contributed by atoms with E-state index in [2.05, 4.69) is 29.7 Å². The molecular weight excluding hydrogens is 300 g/mol. The van der Waals surface area contributed by atoms with Crippen LogP contribution in [0.25, 0.3) is 0 Å². The molecule has 0 aromatic heterocycles. The minimum Gasteiger partial charge on any atom is -0.497 e. The van der Waals surface area contributed by atoms with Crippen LogP contribution in [-0.2, 0) is 11.2 Å². The second-order valence-electron chi connectivity index (χ2n) is 5.78. The monoisotopic (exact) mass is 326 g/mol. The molecule has 0 spiro atoms. The van der Waals surface area contributed by atoms with E-state index in [1.165, 1.54) is 11.1 Å². The maximum Gasteiger partial charge on any atom is 0.221 e. The highest BCUT2D eigenvalue weighted by molar-refractivity contribution is 5.76. The van der Waals surface area contributed by atoms with Crippen molar-refractivity contribution in [1.29, 1.82) is 0 Å². The lowest BCUT2D eigenvalue weighted by Crippen LogP contribution is -2.30. The van der Waals surface area contributed by atoms with E-state index in [1.54, 1.807) is 7.11 Å². The Balaban J connectivity index is 1.61. The van der Waals surface area contributed by atoms with E-state index >= 15 is 0 Å². The summed E-state index contributed by atoms with van der Waals surface area (Å²) in [6.07, 6.45) is 1.31. The van der Waals surface area contributed by atoms with Gasteiger partial charge in [-0.05, 0) is 36.6 Å². The van der Waals surface area contributed by atoms with Crippen molar-refractivity contribution in [3.63, 3.8) is 0 Å². The van der Waals surface area contributed by atoms with Crippen LogP contribution in [-0.4, -0.2) is 26.1 Å². The van der Waals surface area contributed by atoms with Crippen LogP contribution in [0.1, 0.15) is 30.5 Å². The van der Waals surface area contributed by atoms with Gasteiger partial charge in [0.25, 0.3) is 0 Å². The zero-order valence-corrected chi connectivity index (χ0v) is 14.4. The number of rotatable bonds is 9. The topological polar surface area (TPSA) is 50.4 Å². The van der Waals surface area contributed by atoms with Gasteiger partial charge in [-0.1, -0.05) is 42.5 Å². The summed E-state index contributed by atoms with van der Waals surface area (Å²) in [6, 6.07) is 18.4. The SMILES string of the molecule is COc1ccc(CCNC(=O)CCNC(C)c2ccccc2)cc1. The molecule has 128 valence electrons. The van der Waals surface area contributed by atoms with E-state index in [4.69, 9.17) is 4.74 Å². The maximum absolute atomic E-state index is 11.9. The van der Waals surface area contributed by atoms with Gasteiger partial charge in [-0.15, -0.1) is 0 Å². The number of carbonyl (C=O) groups excluding carboxylic acids is 1. The van der Waals surface area contributed by atoms with Crippen molar-refractivity contribution in [1.82, 2.24) is 10.6 Å². The van der Waals surface area contributed by atoms with Crippen LogP contribution in [0.4, 0.5) is 0 Å². The summed E-state index contributed by atoms with van der Waals surface area (Å²) in [5.74, 6) is 0.928. The molecule has 0 aliphatic carbocycles. The van der Waals surface area contributed by atoms with Crippen molar-refractivity contribution in [2.24, 2.45) is 0 Å². The number of hydrogen-bond acceptors (Lipinski definition) is 3. The number of amides is 1. The van der Waals surface area contributed by atoms with E-state index in [-0.39, 0.29) is 11.9 Å². The van der Waals surface area contributed by atoms with Gasteiger partial charge in [0.05, 0.1) is 7.11 Å². The predicted molar refractivity (Wildman–Crippen MR) is 97.2 cm³/mol. The predicted octanol–water partition coefficient (Wildman–Crippen LogP) is 3.09. The minimum absolute atomic E-state index is 0.0799. The average Bonchev–Trinajstić information content (AvgIpc) is 2.63. The molecule has 2 N–H and O–H groups in total. The van der Waals surface area contributed by atoms with Gasteiger partial charge in [-0.25, -0.2) is 0 Å². The molecule has 2 aromatic rings. The Morgan fingerprint density at radius 3 is 2.42 bits per heavy atom. The van der Waals surface area contributed by atoms with E-state index < -0.39 is 0 Å². The molecule has 0 aliphatic rings. The van der Waals surface area contributed by atoms with Crippen molar-refractivity contribution in [3.8, 4) is 5.75 Å². The first kappa shape index (κ1) is 18.0. The fraction of sp³-hybridized carbons (Fsp3) is 0.350. The van der Waals surface area contributed by atoms with Gasteiger partial charge < -0.3 is 15.4 Å². The third kappa shape index (κ3) is 6.05. The molecule has 24 heavy (non-hydrogen) atoms. The smallest absolute Gasteiger partial charge is 0.221 e. The van der Waals surface area contributed by atoms with Crippen LogP contribution < -0.4 is 15.4 Å². The van der Waals surface area contributed by atoms with E-state index in [9.17, 15) is 4.79 Å². The van der Waals surface area contributed by atoms with Gasteiger partial charge in [0.15, 0.2) is 0 Å². The molecule has 0 aliphatic heterocycles. The molecule has 0 saturated heterocycles. The zero-order valence-electron chi connectivity index (χ0n) is 14.4. The number of carbonyl (C=O) groups is 1. The summed E-state index contributed by atoms with van der Waals surface area (Å²) in [7, 11) is 1.65. The van der Waals surface area contributed by atoms with Crippen molar-refractivity contribution in [2.45, 2.75) is 25.8 Å². The van der Waals surface area contributed by atoms with Crippen LogP contribution in [0.3, 0.4) is 0 Å². The van der Waals surface area contributed by atoms with Crippen molar-refractivity contribution < 1.29 is 9.53 Å². The Morgan fingerprint density at radius 1 is 1.04 bits per heavy atom. The number of methoxy groups -OCH3 is 1. The molecule has 1 atom stereocenters. The fourth-order valence-corrected chi connectivity index (χ4v) is 2.49. The fourth-order valence-electron chi connectivity index (χ4n) is 2.49. The van der Waals surface area contributed by atoms with Crippen LogP contribution in [0.2, 0.25) is 0 Å². The molecule has 0 fully saturated rings. The summed E-state index contributed by atoms with van der Waals surface area (Å²) < 4.78 is 5.13. The first-order chi connectivity index (χ1) is 11.7. The summed E-state index contributed by atoms with van der Waals surface area (Å²) in [6.45, 7) is 3.43. The highest BCUT2D eigenvalue weighted by Gasteiger charge is 2.05. The molecule has 0 heterocycles. The van der Waals surface area contributed by atoms with Crippen LogP contribution in [0.15, 0.2) is 54.6 Å². The Morgan fingerprint density at radius 2 is 1.75 bits per heavy atom. The number of benzene rings is 2. The van der Waals surface area contributed by atoms with Gasteiger partial charge in [-0.2, -0.15) is 0 Å². The molecule has 1 amide bonds. The molecule has 2 aromatic carbocycles. The lowest BCUT2D eigenvalue weighted by molar-refractivity contribution is -0.120. The quantitative estimate of drug-likeness (QED) is 0.744. The van der Waals surface area contributed by atoms with Crippen LogP contribution in [0.5, 0.6) is 5.75 Å². The Kier molecular flexibility index (Phi) is 7.30. The van der Waals surface area contributed by atoms with Gasteiger partial charge >= 0.3 is 0 Å². The van der Waals surface area contributed by atoms with Crippen LogP contribution in [0, 0.1) is 0 Å². The van der Waals surface area contributed by atoms with E-state index in [0.717, 1.165) is 12.2 Å². The molecule has 2 rings (SSSR count). The first-order valence-electron chi connectivity index (χ1n) is 8.37. The number of hydrogen-bond donors (Lipinski definition) is 2. The number of nitrogens with one attached hydrogen (secondary N) is 2. The van der Waals surface area contributed by atoms with Gasteiger partial charge in [-0.3, -0.25) is 4.79 Å². The molecular formula is C20H26N2O2. The average molecular weight is 326 g/mol. The maximum atomic E-state index is 11.9. The molecule has 0 radical (unpaired) electrons. The molecule has 1 unspecified atom stereocenters. The lowest BCUT2D eigenvalue weighted by Gasteiger charge is -2.14. The van der Waals surface area contributed by atoms with Gasteiger partial charge in [0, 0.05) is 25.6 Å². The molecule has 4 heteroatoms. The third-order valence-electron chi connectivity index (χ3n) is 4.00. The second kappa shape index (κ2) is 9.73. The minimum atomic E-state index is 0.0799. The van der Waals surface area contributed by atoms with E-state index in [1.807, 2.05) is 42.5 Å². The largest absolute Gasteiger partial charge is 0.497 e. The normalized spacial score (nSPS) is 11.8. The second-order valence-corrected chi connectivity index (χ2v) is 5.78. The molecule has 0 bridgehead atoms. The highest BCUT2D eigenvalue weighted by atomic mass is 16.5. The summed E-state index contributed by atoms with van der Waals surface area (Å²) in [4.78, 5) is 11.9. The van der Waals surface area contributed by atoms with E-state index in [0.29, 0.717) is 19.5 Å². The zero-order chi connectivity index (χ0) is 17.2. The summed E-state index contributed by atoms with van der Waals surface area (Å²) in [5.41, 5.74) is 2.42. The van der Waals surface area contributed by atoms with Gasteiger partial charge in [0.2, 0.25) is 5.91 Å². The molecule has 4 nitrogen and oxygen atoms in total. The van der Waals surface area contributed by atoms with Gasteiger partial charge in [0.1, 0.15) is 5.75 Å². The number of ether oxygens (including phenoxy) is 1. The van der Waals surface area contributed by atoms with Crippen molar-refractivity contribution >= 4 is 5.91 Å². The highest BCUT2D eigenvalue weighted by Crippen LogP contribution is 2.12. The Labute approximate surface area is 144 Å². The lowest BCUT2D eigenvalue weighted by atomic mass is 10.1. The first-order valence-corrected chi connectivity index (χ1v) is 8.37.